The van der Waals surface area contributed by atoms with Crippen molar-refractivity contribution in [3.8, 4) is 0 Å². The van der Waals surface area contributed by atoms with Gasteiger partial charge in [0.1, 0.15) is 24.1 Å². The van der Waals surface area contributed by atoms with Crippen molar-refractivity contribution in [3.05, 3.63) is 23.0 Å². The first-order chi connectivity index (χ1) is 13.4. The van der Waals surface area contributed by atoms with Crippen LogP contribution in [-0.2, 0) is 33.3 Å². The molecule has 2 bridgehead atoms. The number of aliphatic hydroxyl groups is 2. The first kappa shape index (κ1) is 21.5. The zero-order chi connectivity index (χ0) is 21.6. The smallest absolute Gasteiger partial charge is 0.343 e. The van der Waals surface area contributed by atoms with Crippen molar-refractivity contribution in [2.24, 2.45) is 0 Å². The van der Waals surface area contributed by atoms with E-state index in [0.717, 1.165) is 0 Å². The normalized spacial score (nSPS) is 38.2. The molecule has 4 atom stereocenters. The summed E-state index contributed by atoms with van der Waals surface area (Å²) in [6.07, 6.45) is 0.744. The van der Waals surface area contributed by atoms with Gasteiger partial charge in [-0.2, -0.15) is 0 Å². The molecule has 0 spiro atoms. The lowest BCUT2D eigenvalue weighted by Crippen LogP contribution is -2.54. The molecule has 160 valence electrons. The fraction of sp³-hybridized carbons (Fsp3) is 0.650. The second-order valence-corrected chi connectivity index (χ2v) is 8.08. The van der Waals surface area contributed by atoms with Crippen molar-refractivity contribution in [3.63, 3.8) is 0 Å². The average molecular weight is 410 g/mol. The molecule has 0 aliphatic carbocycles. The summed E-state index contributed by atoms with van der Waals surface area (Å²) in [5, 5.41) is 22.1. The molecule has 0 aromatic rings. The van der Waals surface area contributed by atoms with Gasteiger partial charge >= 0.3 is 17.9 Å². The molecule has 3 aliphatic heterocycles. The van der Waals surface area contributed by atoms with Crippen molar-refractivity contribution in [2.75, 3.05) is 6.61 Å². The monoisotopic (exact) mass is 410 g/mol. The predicted molar refractivity (Wildman–Crippen MR) is 96.9 cm³/mol. The highest BCUT2D eigenvalue weighted by Gasteiger charge is 2.58. The maximum absolute atomic E-state index is 12.5. The predicted octanol–water partition coefficient (Wildman–Crippen LogP) is 1.02. The largest absolute Gasteiger partial charge is 0.461 e. The van der Waals surface area contributed by atoms with Gasteiger partial charge in [0.05, 0.1) is 11.2 Å². The Morgan fingerprint density at radius 2 is 1.97 bits per heavy atom. The molecule has 2 N–H and O–H groups in total. The van der Waals surface area contributed by atoms with Crippen LogP contribution in [0.5, 0.6) is 0 Å². The highest BCUT2D eigenvalue weighted by Crippen LogP contribution is 2.49. The summed E-state index contributed by atoms with van der Waals surface area (Å²) in [6, 6.07) is 0. The number of fused-ring (bicyclic) bond motifs is 3. The molecule has 3 rings (SSSR count). The maximum atomic E-state index is 12.5. The van der Waals surface area contributed by atoms with E-state index in [1.165, 1.54) is 19.9 Å². The van der Waals surface area contributed by atoms with Gasteiger partial charge < -0.3 is 29.2 Å². The van der Waals surface area contributed by atoms with Crippen LogP contribution in [0, 0.1) is 0 Å². The molecule has 1 saturated heterocycles. The molecule has 0 radical (unpaired) electrons. The molecule has 1 fully saturated rings. The zero-order valence-corrected chi connectivity index (χ0v) is 16.9. The first-order valence-corrected chi connectivity index (χ1v) is 9.56. The van der Waals surface area contributed by atoms with E-state index >= 15 is 0 Å². The minimum Gasteiger partial charge on any atom is -0.461 e. The van der Waals surface area contributed by atoms with E-state index < -0.39 is 41.0 Å². The summed E-state index contributed by atoms with van der Waals surface area (Å²) in [7, 11) is 0. The van der Waals surface area contributed by atoms with E-state index in [1.54, 1.807) is 13.8 Å². The summed E-state index contributed by atoms with van der Waals surface area (Å²) in [6.45, 7) is 5.53. The van der Waals surface area contributed by atoms with E-state index in [2.05, 4.69) is 0 Å². The van der Waals surface area contributed by atoms with E-state index in [-0.39, 0.29) is 42.8 Å². The number of ether oxygens (including phenoxy) is 4. The Morgan fingerprint density at radius 3 is 2.59 bits per heavy atom. The van der Waals surface area contributed by atoms with Crippen LogP contribution in [0.15, 0.2) is 23.0 Å². The number of carbonyl (C=O) groups is 3. The average Bonchev–Trinajstić information content (AvgIpc) is 3.09. The van der Waals surface area contributed by atoms with Gasteiger partial charge in [-0.1, -0.05) is 6.92 Å². The Morgan fingerprint density at radius 1 is 1.28 bits per heavy atom. The molecule has 29 heavy (non-hydrogen) atoms. The van der Waals surface area contributed by atoms with Crippen LogP contribution in [0.1, 0.15) is 53.4 Å². The quantitative estimate of drug-likeness (QED) is 0.515. The van der Waals surface area contributed by atoms with Crippen LogP contribution >= 0.6 is 0 Å². The molecule has 0 aromatic carbocycles. The molecule has 9 nitrogen and oxygen atoms in total. The Balaban J connectivity index is 2.16. The van der Waals surface area contributed by atoms with Crippen LogP contribution in [-0.4, -0.2) is 57.8 Å². The SMILES string of the molecule is CCC(=O)O[C@H]1C[C@@](C)(O)[C@@]2(O)CC[C@](C)(/C=C3/OC(=O)C(COC(C)=O)=C31)O2. The second-order valence-electron chi connectivity index (χ2n) is 8.08. The number of carbonyl (C=O) groups excluding carboxylic acids is 3. The summed E-state index contributed by atoms with van der Waals surface area (Å²) >= 11 is 0. The molecule has 3 aliphatic rings. The van der Waals surface area contributed by atoms with Crippen molar-refractivity contribution in [1.29, 1.82) is 0 Å². The Kier molecular flexibility index (Phi) is 5.35. The molecular weight excluding hydrogens is 384 g/mol. The molecule has 0 aromatic heterocycles. The van der Waals surface area contributed by atoms with Gasteiger partial charge in [-0.15, -0.1) is 0 Å². The number of hydrogen-bond donors (Lipinski definition) is 2. The number of hydrogen-bond acceptors (Lipinski definition) is 9. The van der Waals surface area contributed by atoms with Gasteiger partial charge in [-0.25, -0.2) is 4.79 Å². The van der Waals surface area contributed by atoms with Crippen LogP contribution in [0.3, 0.4) is 0 Å². The maximum Gasteiger partial charge on any atom is 0.343 e. The van der Waals surface area contributed by atoms with E-state index in [0.29, 0.717) is 6.42 Å². The first-order valence-electron chi connectivity index (χ1n) is 9.56. The van der Waals surface area contributed by atoms with Crippen molar-refractivity contribution >= 4 is 17.9 Å². The van der Waals surface area contributed by atoms with Gasteiger partial charge in [0, 0.05) is 31.8 Å². The summed E-state index contributed by atoms with van der Waals surface area (Å²) < 4.78 is 21.7. The van der Waals surface area contributed by atoms with Crippen LogP contribution < -0.4 is 0 Å². The number of rotatable bonds is 4. The van der Waals surface area contributed by atoms with Crippen molar-refractivity contribution in [2.45, 2.75) is 76.5 Å². The molecule has 9 heteroatoms. The third kappa shape index (κ3) is 3.94. The molecule has 3 heterocycles. The van der Waals surface area contributed by atoms with Gasteiger partial charge in [0.25, 0.3) is 0 Å². The molecule has 0 unspecified atom stereocenters. The van der Waals surface area contributed by atoms with Crippen LogP contribution in [0.25, 0.3) is 0 Å². The third-order valence-electron chi connectivity index (χ3n) is 5.57. The molecular formula is C20H26O9. The Hall–Kier alpha value is -2.23. The lowest BCUT2D eigenvalue weighted by atomic mass is 9.82. The second kappa shape index (κ2) is 7.23. The summed E-state index contributed by atoms with van der Waals surface area (Å²) in [5.41, 5.74) is -2.61. The highest BCUT2D eigenvalue weighted by molar-refractivity contribution is 5.95. The van der Waals surface area contributed by atoms with Crippen LogP contribution in [0.4, 0.5) is 0 Å². The van der Waals surface area contributed by atoms with E-state index in [4.69, 9.17) is 18.9 Å². The fourth-order valence-corrected chi connectivity index (χ4v) is 3.87. The van der Waals surface area contributed by atoms with Gasteiger partial charge in [-0.05, 0) is 26.3 Å². The minimum atomic E-state index is -1.88. The third-order valence-corrected chi connectivity index (χ3v) is 5.57. The number of esters is 3. The lowest BCUT2D eigenvalue weighted by Gasteiger charge is -2.40. The summed E-state index contributed by atoms with van der Waals surface area (Å²) in [4.78, 5) is 35.8. The minimum absolute atomic E-state index is 0.0181. The van der Waals surface area contributed by atoms with Crippen molar-refractivity contribution in [1.82, 2.24) is 0 Å². The molecule has 0 amide bonds. The lowest BCUT2D eigenvalue weighted by molar-refractivity contribution is -0.298. The fourth-order valence-electron chi connectivity index (χ4n) is 3.87. The molecule has 0 saturated carbocycles. The zero-order valence-electron chi connectivity index (χ0n) is 16.9. The Bertz CT molecular complexity index is 809. The van der Waals surface area contributed by atoms with Gasteiger partial charge in [0.15, 0.2) is 5.79 Å². The summed E-state index contributed by atoms with van der Waals surface area (Å²) in [5.74, 6) is -3.66. The Labute approximate surface area is 168 Å². The topological polar surface area (TPSA) is 129 Å². The van der Waals surface area contributed by atoms with E-state index in [1.807, 2.05) is 0 Å². The van der Waals surface area contributed by atoms with Gasteiger partial charge in [0.2, 0.25) is 0 Å². The standard InChI is InChI=1S/C20H26O9/c1-5-15(22)27-14-9-19(4,24)20(25)7-6-18(3,29-20)8-13-16(14)12(17(23)28-13)10-26-11(2)21/h8,14,24-25H,5-7,9-10H2,1-4H3/b13-8+/t14-,18+,19+,20+/m0/s1. The van der Waals surface area contributed by atoms with E-state index in [9.17, 15) is 24.6 Å². The van der Waals surface area contributed by atoms with Crippen LogP contribution in [0.2, 0.25) is 0 Å². The highest BCUT2D eigenvalue weighted by atomic mass is 16.7. The van der Waals surface area contributed by atoms with Gasteiger partial charge in [-0.3, -0.25) is 9.59 Å². The van der Waals surface area contributed by atoms with Crippen molar-refractivity contribution < 1.29 is 43.5 Å².